The lowest BCUT2D eigenvalue weighted by Crippen LogP contribution is -2.42. The van der Waals surface area contributed by atoms with Crippen molar-refractivity contribution in [2.24, 2.45) is 4.99 Å². The second kappa shape index (κ2) is 10.3. The Balaban J connectivity index is 1.46. The maximum absolute atomic E-state index is 12.5. The molecule has 2 aromatic carbocycles. The highest BCUT2D eigenvalue weighted by molar-refractivity contribution is 5.97. The number of aliphatic imine (C=N–C) groups is 1. The summed E-state index contributed by atoms with van der Waals surface area (Å²) in [6, 6.07) is 14.6. The smallest absolute Gasteiger partial charge is 0.227 e. The van der Waals surface area contributed by atoms with Gasteiger partial charge < -0.3 is 16.0 Å². The zero-order chi connectivity index (χ0) is 23.2. The topological polar surface area (TPSA) is 83.6 Å². The van der Waals surface area contributed by atoms with E-state index < -0.39 is 0 Å². The maximum Gasteiger partial charge on any atom is 0.227 e. The largest absolute Gasteiger partial charge is 0.399 e. The molecule has 1 aliphatic rings. The number of carbonyl (C=O) groups excluding carboxylic acids is 1. The molecule has 1 aliphatic heterocycles. The Morgan fingerprint density at radius 3 is 2.79 bits per heavy atom. The van der Waals surface area contributed by atoms with Crippen LogP contribution in [0.5, 0.6) is 0 Å². The van der Waals surface area contributed by atoms with Crippen LogP contribution in [0, 0.1) is 0 Å². The number of amides is 1. The number of piperidine rings is 1. The monoisotopic (exact) mass is 441 g/mol. The lowest BCUT2D eigenvalue weighted by Gasteiger charge is -2.33. The Kier molecular flexibility index (Phi) is 7.03. The van der Waals surface area contributed by atoms with Crippen molar-refractivity contribution >= 4 is 34.3 Å². The van der Waals surface area contributed by atoms with Crippen LogP contribution in [0.3, 0.4) is 0 Å². The van der Waals surface area contributed by atoms with Gasteiger partial charge in [-0.3, -0.25) is 14.8 Å². The molecule has 6 nitrogen and oxygen atoms in total. The molecule has 1 saturated heterocycles. The summed E-state index contributed by atoms with van der Waals surface area (Å²) < 4.78 is 0. The molecule has 0 spiro atoms. The van der Waals surface area contributed by atoms with Gasteiger partial charge in [0.1, 0.15) is 0 Å². The van der Waals surface area contributed by atoms with Crippen LogP contribution in [0.4, 0.5) is 11.4 Å². The molecule has 170 valence electrons. The molecule has 6 heteroatoms. The van der Waals surface area contributed by atoms with E-state index in [1.54, 1.807) is 6.21 Å². The van der Waals surface area contributed by atoms with E-state index in [0.717, 1.165) is 64.9 Å². The van der Waals surface area contributed by atoms with Crippen LogP contribution in [-0.4, -0.2) is 41.1 Å². The Bertz CT molecular complexity index is 1190. The second-order valence-electron chi connectivity index (χ2n) is 8.49. The van der Waals surface area contributed by atoms with Gasteiger partial charge in [0, 0.05) is 60.2 Å². The molecule has 3 aromatic rings. The number of fused-ring (bicyclic) bond motifs is 1. The van der Waals surface area contributed by atoms with Crippen molar-refractivity contribution in [3.05, 3.63) is 66.6 Å². The van der Waals surface area contributed by atoms with Crippen molar-refractivity contribution in [1.29, 1.82) is 0 Å². The standard InChI is InChI=1S/C27H31N5O/c1-3-19(2)30-12-8-27(33)32-13-9-24(10-14-32)31-26-17-22(20-5-4-6-23(28)16-20)15-21-7-11-29-18-25(21)26/h3-7,11-12,15-18,24,31H,8-10,13-14,28H2,1-2H3/b19-3-,30-12-. The predicted octanol–water partition coefficient (Wildman–Crippen LogP) is 5.27. The molecule has 2 heterocycles. The van der Waals surface area contributed by atoms with Gasteiger partial charge in [0.05, 0.1) is 6.42 Å². The number of nitrogen functional groups attached to an aromatic ring is 1. The summed E-state index contributed by atoms with van der Waals surface area (Å²) >= 11 is 0. The minimum atomic E-state index is 0.138. The number of nitrogens with zero attached hydrogens (tertiary/aromatic N) is 3. The van der Waals surface area contributed by atoms with Gasteiger partial charge in [-0.1, -0.05) is 18.2 Å². The van der Waals surface area contributed by atoms with E-state index in [-0.39, 0.29) is 5.91 Å². The number of carbonyl (C=O) groups is 1. The minimum absolute atomic E-state index is 0.138. The summed E-state index contributed by atoms with van der Waals surface area (Å²) in [5.41, 5.74) is 11.0. The number of nitrogens with two attached hydrogens (primary N) is 1. The van der Waals surface area contributed by atoms with Crippen molar-refractivity contribution in [1.82, 2.24) is 9.88 Å². The average molecular weight is 442 g/mol. The zero-order valence-electron chi connectivity index (χ0n) is 19.3. The lowest BCUT2D eigenvalue weighted by molar-refractivity contribution is -0.130. The predicted molar refractivity (Wildman–Crippen MR) is 137 cm³/mol. The number of anilines is 2. The average Bonchev–Trinajstić information content (AvgIpc) is 2.84. The Morgan fingerprint density at radius 2 is 2.03 bits per heavy atom. The van der Waals surface area contributed by atoms with Gasteiger partial charge in [0.15, 0.2) is 0 Å². The van der Waals surface area contributed by atoms with Crippen molar-refractivity contribution in [2.45, 2.75) is 39.2 Å². The first-order valence-corrected chi connectivity index (χ1v) is 11.5. The highest BCUT2D eigenvalue weighted by Crippen LogP contribution is 2.32. The van der Waals surface area contributed by atoms with Gasteiger partial charge in [-0.2, -0.15) is 0 Å². The van der Waals surface area contributed by atoms with Gasteiger partial charge in [-0.15, -0.1) is 0 Å². The third kappa shape index (κ3) is 5.58. The number of rotatable bonds is 6. The molecule has 0 saturated carbocycles. The van der Waals surface area contributed by atoms with Crippen molar-refractivity contribution < 1.29 is 4.79 Å². The maximum atomic E-state index is 12.5. The number of aromatic nitrogens is 1. The Morgan fingerprint density at radius 1 is 1.21 bits per heavy atom. The highest BCUT2D eigenvalue weighted by atomic mass is 16.2. The lowest BCUT2D eigenvalue weighted by atomic mass is 9.98. The van der Waals surface area contributed by atoms with E-state index in [4.69, 9.17) is 5.73 Å². The van der Waals surface area contributed by atoms with E-state index in [1.165, 1.54) is 0 Å². The Hall–Kier alpha value is -3.67. The number of pyridine rings is 1. The van der Waals surface area contributed by atoms with Crippen molar-refractivity contribution in [3.63, 3.8) is 0 Å². The molecule has 0 unspecified atom stereocenters. The summed E-state index contributed by atoms with van der Waals surface area (Å²) in [4.78, 5) is 23.1. The third-order valence-corrected chi connectivity index (χ3v) is 6.16. The van der Waals surface area contributed by atoms with E-state index >= 15 is 0 Å². The summed E-state index contributed by atoms with van der Waals surface area (Å²) in [6.07, 6.45) is 9.53. The molecular weight excluding hydrogens is 410 g/mol. The van der Waals surface area contributed by atoms with Gasteiger partial charge >= 0.3 is 0 Å². The minimum Gasteiger partial charge on any atom is -0.399 e. The SMILES string of the molecule is C/C=C(C)\N=C/CC(=O)N1CCC(Nc2cc(-c3cccc(N)c3)cc3ccncc23)CC1. The first-order chi connectivity index (χ1) is 16.0. The summed E-state index contributed by atoms with van der Waals surface area (Å²) in [5.74, 6) is 0.138. The van der Waals surface area contributed by atoms with E-state index in [1.807, 2.05) is 61.5 Å². The molecular formula is C27H31N5O. The fraction of sp³-hybridized carbons (Fsp3) is 0.296. The molecule has 0 aliphatic carbocycles. The fourth-order valence-electron chi connectivity index (χ4n) is 4.17. The van der Waals surface area contributed by atoms with Crippen molar-refractivity contribution in [3.8, 4) is 11.1 Å². The summed E-state index contributed by atoms with van der Waals surface area (Å²) in [7, 11) is 0. The molecule has 0 bridgehead atoms. The quantitative estimate of drug-likeness (QED) is 0.403. The van der Waals surface area contributed by atoms with Crippen LogP contribution in [0.2, 0.25) is 0 Å². The van der Waals surface area contributed by atoms with Gasteiger partial charge in [-0.25, -0.2) is 0 Å². The Labute approximate surface area is 195 Å². The number of hydrogen-bond donors (Lipinski definition) is 2. The molecule has 1 fully saturated rings. The van der Waals surface area contributed by atoms with Crippen LogP contribution in [-0.2, 0) is 4.79 Å². The van der Waals surface area contributed by atoms with Crippen LogP contribution in [0.25, 0.3) is 21.9 Å². The zero-order valence-corrected chi connectivity index (χ0v) is 19.3. The molecule has 33 heavy (non-hydrogen) atoms. The number of allylic oxidation sites excluding steroid dienone is 2. The number of benzene rings is 2. The van der Waals surface area contributed by atoms with E-state index in [0.29, 0.717) is 12.5 Å². The van der Waals surface area contributed by atoms with Crippen molar-refractivity contribution in [2.75, 3.05) is 24.1 Å². The summed E-state index contributed by atoms with van der Waals surface area (Å²) in [5, 5.41) is 5.96. The molecule has 1 amide bonds. The van der Waals surface area contributed by atoms with Crippen LogP contribution >= 0.6 is 0 Å². The van der Waals surface area contributed by atoms with E-state index in [9.17, 15) is 4.79 Å². The third-order valence-electron chi connectivity index (χ3n) is 6.16. The van der Waals surface area contributed by atoms with Crippen LogP contribution in [0.15, 0.2) is 71.6 Å². The number of likely N-dealkylation sites (tertiary alicyclic amines) is 1. The van der Waals surface area contributed by atoms with Gasteiger partial charge in [-0.05, 0) is 73.5 Å². The second-order valence-corrected chi connectivity index (χ2v) is 8.49. The van der Waals surface area contributed by atoms with E-state index in [2.05, 4.69) is 33.5 Å². The number of nitrogens with one attached hydrogen (secondary N) is 1. The summed E-state index contributed by atoms with van der Waals surface area (Å²) in [6.45, 7) is 5.37. The molecule has 0 radical (unpaired) electrons. The molecule has 1 aromatic heterocycles. The van der Waals surface area contributed by atoms with Crippen LogP contribution in [0.1, 0.15) is 33.1 Å². The normalized spacial score (nSPS) is 15.3. The highest BCUT2D eigenvalue weighted by Gasteiger charge is 2.22. The fourth-order valence-corrected chi connectivity index (χ4v) is 4.17. The first-order valence-electron chi connectivity index (χ1n) is 11.5. The van der Waals surface area contributed by atoms with Gasteiger partial charge in [0.2, 0.25) is 5.91 Å². The molecule has 3 N–H and O–H groups in total. The number of hydrogen-bond acceptors (Lipinski definition) is 5. The van der Waals surface area contributed by atoms with Crippen LogP contribution < -0.4 is 11.1 Å². The molecule has 0 atom stereocenters. The molecule has 4 rings (SSSR count). The first kappa shape index (κ1) is 22.5. The van der Waals surface area contributed by atoms with Gasteiger partial charge in [0.25, 0.3) is 0 Å².